The summed E-state index contributed by atoms with van der Waals surface area (Å²) in [6.07, 6.45) is 3.37. The van der Waals surface area contributed by atoms with Crippen molar-refractivity contribution >= 4 is 0 Å². The molecule has 0 spiro atoms. The van der Waals surface area contributed by atoms with Crippen LogP contribution in [0, 0.1) is 0 Å². The zero-order valence-electron chi connectivity index (χ0n) is 7.47. The molecule has 0 heterocycles. The van der Waals surface area contributed by atoms with Gasteiger partial charge in [0.25, 0.3) is 0 Å². The molecule has 0 bridgehead atoms. The van der Waals surface area contributed by atoms with E-state index < -0.39 is 0 Å². The summed E-state index contributed by atoms with van der Waals surface area (Å²) in [5.74, 6) is 0. The standard InChI is InChI=1S/C8H18O3/c1-9-6-4-3-5-7-11-8-10-2/h3-8H2,1-2H3. The molecule has 3 nitrogen and oxygen atoms in total. The van der Waals surface area contributed by atoms with Crippen molar-refractivity contribution in [3.8, 4) is 0 Å². The van der Waals surface area contributed by atoms with E-state index in [1.807, 2.05) is 0 Å². The smallest absolute Gasteiger partial charge is 0.146 e. The summed E-state index contributed by atoms with van der Waals surface area (Å²) in [7, 11) is 3.35. The fraction of sp³-hybridized carbons (Fsp3) is 1.00. The quantitative estimate of drug-likeness (QED) is 0.399. The Morgan fingerprint density at radius 3 is 2.18 bits per heavy atom. The van der Waals surface area contributed by atoms with Gasteiger partial charge in [-0.3, -0.25) is 0 Å². The molecule has 0 rings (SSSR count). The number of hydrogen-bond donors (Lipinski definition) is 0. The minimum Gasteiger partial charge on any atom is -0.385 e. The third kappa shape index (κ3) is 9.88. The van der Waals surface area contributed by atoms with Gasteiger partial charge in [0.1, 0.15) is 6.79 Å². The highest BCUT2D eigenvalue weighted by molar-refractivity contribution is 4.38. The second-order valence-corrected chi connectivity index (χ2v) is 2.37. The van der Waals surface area contributed by atoms with Gasteiger partial charge in [-0.05, 0) is 19.3 Å². The lowest BCUT2D eigenvalue weighted by molar-refractivity contribution is -0.0317. The van der Waals surface area contributed by atoms with E-state index in [0.29, 0.717) is 6.79 Å². The first-order valence-electron chi connectivity index (χ1n) is 3.97. The fourth-order valence-corrected chi connectivity index (χ4v) is 0.770. The van der Waals surface area contributed by atoms with Crippen molar-refractivity contribution in [3.63, 3.8) is 0 Å². The van der Waals surface area contributed by atoms with E-state index in [-0.39, 0.29) is 0 Å². The average Bonchev–Trinajstić information content (AvgIpc) is 2.03. The monoisotopic (exact) mass is 162 g/mol. The molecule has 0 aliphatic carbocycles. The van der Waals surface area contributed by atoms with Gasteiger partial charge in [-0.2, -0.15) is 0 Å². The Labute approximate surface area is 68.6 Å². The number of unbranched alkanes of at least 4 members (excludes halogenated alkanes) is 2. The van der Waals surface area contributed by atoms with Gasteiger partial charge in [-0.15, -0.1) is 0 Å². The molecule has 0 N–H and O–H groups in total. The van der Waals surface area contributed by atoms with Crippen LogP contribution in [0.1, 0.15) is 19.3 Å². The first kappa shape index (κ1) is 10.9. The molecule has 0 aliphatic heterocycles. The largest absolute Gasteiger partial charge is 0.385 e. The number of hydrogen-bond acceptors (Lipinski definition) is 3. The van der Waals surface area contributed by atoms with Gasteiger partial charge in [0, 0.05) is 27.4 Å². The van der Waals surface area contributed by atoms with Gasteiger partial charge >= 0.3 is 0 Å². The molecule has 68 valence electrons. The SMILES string of the molecule is COCCCCCOCOC. The predicted octanol–water partition coefficient (Wildman–Crippen LogP) is 1.42. The molecule has 0 saturated heterocycles. The molecule has 0 unspecified atom stereocenters. The van der Waals surface area contributed by atoms with Crippen LogP contribution in [0.25, 0.3) is 0 Å². The van der Waals surface area contributed by atoms with Gasteiger partial charge in [-0.25, -0.2) is 0 Å². The Morgan fingerprint density at radius 1 is 0.818 bits per heavy atom. The van der Waals surface area contributed by atoms with Gasteiger partial charge < -0.3 is 14.2 Å². The molecule has 0 atom stereocenters. The maximum Gasteiger partial charge on any atom is 0.146 e. The average molecular weight is 162 g/mol. The predicted molar refractivity (Wildman–Crippen MR) is 43.6 cm³/mol. The van der Waals surface area contributed by atoms with Gasteiger partial charge in [0.2, 0.25) is 0 Å². The molecular weight excluding hydrogens is 144 g/mol. The first-order valence-corrected chi connectivity index (χ1v) is 3.97. The molecular formula is C8H18O3. The van der Waals surface area contributed by atoms with Crippen LogP contribution in [0.2, 0.25) is 0 Å². The number of rotatable bonds is 8. The van der Waals surface area contributed by atoms with Crippen LogP contribution in [0.5, 0.6) is 0 Å². The highest BCUT2D eigenvalue weighted by Gasteiger charge is 1.88. The highest BCUT2D eigenvalue weighted by atomic mass is 16.7. The minimum atomic E-state index is 0.407. The summed E-state index contributed by atoms with van der Waals surface area (Å²) >= 11 is 0. The van der Waals surface area contributed by atoms with Crippen molar-refractivity contribution in [2.24, 2.45) is 0 Å². The lowest BCUT2D eigenvalue weighted by Crippen LogP contribution is -1.99. The molecule has 0 radical (unpaired) electrons. The summed E-state index contributed by atoms with van der Waals surface area (Å²) in [6, 6.07) is 0. The second-order valence-electron chi connectivity index (χ2n) is 2.37. The lowest BCUT2D eigenvalue weighted by Gasteiger charge is -2.01. The summed E-state index contributed by atoms with van der Waals surface area (Å²) in [6.45, 7) is 2.05. The Morgan fingerprint density at radius 2 is 1.55 bits per heavy atom. The Bertz CT molecular complexity index is 58.4. The van der Waals surface area contributed by atoms with Crippen molar-refractivity contribution in [2.75, 3.05) is 34.2 Å². The maximum absolute atomic E-state index is 5.10. The number of methoxy groups -OCH3 is 2. The Hall–Kier alpha value is -0.120. The van der Waals surface area contributed by atoms with E-state index in [2.05, 4.69) is 0 Å². The highest BCUT2D eigenvalue weighted by Crippen LogP contribution is 1.95. The topological polar surface area (TPSA) is 27.7 Å². The van der Waals surface area contributed by atoms with Gasteiger partial charge in [0.05, 0.1) is 0 Å². The van der Waals surface area contributed by atoms with Crippen LogP contribution in [-0.4, -0.2) is 34.2 Å². The van der Waals surface area contributed by atoms with Crippen molar-refractivity contribution < 1.29 is 14.2 Å². The molecule has 0 saturated carbocycles. The van der Waals surface area contributed by atoms with Crippen molar-refractivity contribution in [1.29, 1.82) is 0 Å². The Balaban J connectivity index is 2.69. The van der Waals surface area contributed by atoms with E-state index in [1.165, 1.54) is 0 Å². The summed E-state index contributed by atoms with van der Waals surface area (Å²) in [5, 5.41) is 0. The third-order valence-electron chi connectivity index (χ3n) is 1.34. The molecule has 11 heavy (non-hydrogen) atoms. The van der Waals surface area contributed by atoms with E-state index in [0.717, 1.165) is 32.5 Å². The summed E-state index contributed by atoms with van der Waals surface area (Å²) < 4.78 is 14.7. The molecule has 0 aromatic heterocycles. The third-order valence-corrected chi connectivity index (χ3v) is 1.34. The molecule has 0 aliphatic rings. The van der Waals surface area contributed by atoms with Gasteiger partial charge in [0.15, 0.2) is 0 Å². The van der Waals surface area contributed by atoms with E-state index >= 15 is 0 Å². The van der Waals surface area contributed by atoms with Crippen LogP contribution in [0.4, 0.5) is 0 Å². The van der Waals surface area contributed by atoms with Crippen LogP contribution < -0.4 is 0 Å². The van der Waals surface area contributed by atoms with Crippen molar-refractivity contribution in [2.45, 2.75) is 19.3 Å². The molecule has 0 aromatic rings. The van der Waals surface area contributed by atoms with E-state index in [9.17, 15) is 0 Å². The zero-order chi connectivity index (χ0) is 8.36. The summed E-state index contributed by atoms with van der Waals surface area (Å²) in [4.78, 5) is 0. The minimum absolute atomic E-state index is 0.407. The maximum atomic E-state index is 5.10. The van der Waals surface area contributed by atoms with Crippen molar-refractivity contribution in [1.82, 2.24) is 0 Å². The lowest BCUT2D eigenvalue weighted by atomic mass is 10.2. The van der Waals surface area contributed by atoms with Crippen LogP contribution in [0.15, 0.2) is 0 Å². The molecule has 0 aromatic carbocycles. The first-order chi connectivity index (χ1) is 5.41. The Kier molecular flexibility index (Phi) is 9.77. The zero-order valence-corrected chi connectivity index (χ0v) is 7.47. The van der Waals surface area contributed by atoms with E-state index in [1.54, 1.807) is 14.2 Å². The normalized spacial score (nSPS) is 10.4. The fourth-order valence-electron chi connectivity index (χ4n) is 0.770. The van der Waals surface area contributed by atoms with Crippen molar-refractivity contribution in [3.05, 3.63) is 0 Å². The summed E-state index contributed by atoms with van der Waals surface area (Å²) in [5.41, 5.74) is 0. The molecule has 0 amide bonds. The molecule has 0 fully saturated rings. The number of ether oxygens (including phenoxy) is 3. The molecule has 3 heteroatoms. The van der Waals surface area contributed by atoms with Gasteiger partial charge in [-0.1, -0.05) is 0 Å². The van der Waals surface area contributed by atoms with Crippen LogP contribution in [0.3, 0.4) is 0 Å². The van der Waals surface area contributed by atoms with E-state index in [4.69, 9.17) is 14.2 Å². The second kappa shape index (κ2) is 9.88. The van der Waals surface area contributed by atoms with Crippen LogP contribution >= 0.6 is 0 Å². The van der Waals surface area contributed by atoms with Crippen LogP contribution in [-0.2, 0) is 14.2 Å².